The quantitative estimate of drug-likeness (QED) is 0.663. The molecule has 28 heavy (non-hydrogen) atoms. The van der Waals surface area contributed by atoms with Gasteiger partial charge in [-0.3, -0.25) is 14.4 Å². The Morgan fingerprint density at radius 2 is 1.57 bits per heavy atom. The number of halogens is 2. The van der Waals surface area contributed by atoms with E-state index >= 15 is 0 Å². The van der Waals surface area contributed by atoms with Gasteiger partial charge in [0, 0.05) is 10.7 Å². The van der Waals surface area contributed by atoms with E-state index < -0.39 is 23.5 Å². The molecule has 5 nitrogen and oxygen atoms in total. The number of carbonyl (C=O) groups is 3. The second-order valence-electron chi connectivity index (χ2n) is 6.12. The summed E-state index contributed by atoms with van der Waals surface area (Å²) >= 11 is 6.03. The van der Waals surface area contributed by atoms with E-state index in [4.69, 9.17) is 11.6 Å². The van der Waals surface area contributed by atoms with Gasteiger partial charge in [-0.05, 0) is 48.5 Å². The summed E-state index contributed by atoms with van der Waals surface area (Å²) in [6, 6.07) is 16.1. The van der Waals surface area contributed by atoms with Gasteiger partial charge in [-0.25, -0.2) is 9.29 Å². The highest BCUT2D eigenvalue weighted by atomic mass is 35.5. The molecule has 3 amide bonds. The molecule has 1 heterocycles. The Balaban J connectivity index is 1.75. The highest BCUT2D eigenvalue weighted by Crippen LogP contribution is 2.32. The van der Waals surface area contributed by atoms with Gasteiger partial charge in [-0.1, -0.05) is 29.8 Å². The Hall–Kier alpha value is -3.51. The van der Waals surface area contributed by atoms with Crippen LogP contribution in [-0.4, -0.2) is 17.7 Å². The van der Waals surface area contributed by atoms with Crippen molar-refractivity contribution in [3.8, 4) is 0 Å². The Morgan fingerprint density at radius 1 is 0.893 bits per heavy atom. The number of nitrogens with one attached hydrogen (secondary N) is 1. The first kappa shape index (κ1) is 17.9. The normalized spacial score (nSPS) is 12.9. The van der Waals surface area contributed by atoms with E-state index in [2.05, 4.69) is 5.32 Å². The molecule has 0 unspecified atom stereocenters. The number of fused-ring (bicyclic) bond motifs is 1. The van der Waals surface area contributed by atoms with Crippen molar-refractivity contribution in [1.82, 2.24) is 0 Å². The molecule has 1 aliphatic heterocycles. The Labute approximate surface area is 164 Å². The average Bonchev–Trinajstić information content (AvgIpc) is 2.93. The van der Waals surface area contributed by atoms with Crippen LogP contribution in [0.15, 0.2) is 66.7 Å². The van der Waals surface area contributed by atoms with E-state index in [9.17, 15) is 18.8 Å². The molecule has 0 radical (unpaired) electrons. The molecular formula is C21H12ClFN2O3. The fraction of sp³-hybridized carbons (Fsp3) is 0. The number of nitrogens with zero attached hydrogens (tertiary/aromatic N) is 1. The molecule has 3 aromatic carbocycles. The SMILES string of the molecule is O=C(Nc1cccc(F)c1)c1cc(Cl)ccc1N1C(=O)c2ccccc2C1=O. The molecular weight excluding hydrogens is 383 g/mol. The maximum Gasteiger partial charge on any atom is 0.266 e. The predicted molar refractivity (Wildman–Crippen MR) is 103 cm³/mol. The molecule has 4 rings (SSSR count). The molecule has 0 atom stereocenters. The Bertz CT molecular complexity index is 1110. The van der Waals surface area contributed by atoms with E-state index in [0.717, 1.165) is 11.0 Å². The highest BCUT2D eigenvalue weighted by molar-refractivity contribution is 6.36. The molecule has 0 aliphatic carbocycles. The van der Waals surface area contributed by atoms with E-state index in [0.29, 0.717) is 0 Å². The van der Waals surface area contributed by atoms with Gasteiger partial charge in [0.15, 0.2) is 0 Å². The van der Waals surface area contributed by atoms with Gasteiger partial charge in [-0.15, -0.1) is 0 Å². The van der Waals surface area contributed by atoms with Gasteiger partial charge in [0.25, 0.3) is 17.7 Å². The third-order valence-corrected chi connectivity index (χ3v) is 4.56. The lowest BCUT2D eigenvalue weighted by atomic mass is 10.1. The van der Waals surface area contributed by atoms with Crippen molar-refractivity contribution in [1.29, 1.82) is 0 Å². The van der Waals surface area contributed by atoms with Crippen molar-refractivity contribution in [3.05, 3.63) is 94.3 Å². The van der Waals surface area contributed by atoms with Crippen LogP contribution in [0.2, 0.25) is 5.02 Å². The van der Waals surface area contributed by atoms with Crippen LogP contribution in [0, 0.1) is 5.82 Å². The molecule has 3 aromatic rings. The van der Waals surface area contributed by atoms with Crippen molar-refractivity contribution in [2.75, 3.05) is 10.2 Å². The third kappa shape index (κ3) is 3.04. The minimum Gasteiger partial charge on any atom is -0.322 e. The maximum absolute atomic E-state index is 13.4. The predicted octanol–water partition coefficient (Wildman–Crippen LogP) is 4.53. The standard InChI is InChI=1S/C21H12ClFN2O3/c22-12-8-9-18(25-20(27)15-6-1-2-7-16(15)21(25)28)17(10-12)19(26)24-14-5-3-4-13(23)11-14/h1-11H,(H,24,26). The van der Waals surface area contributed by atoms with Gasteiger partial charge >= 0.3 is 0 Å². The van der Waals surface area contributed by atoms with E-state index in [-0.39, 0.29) is 33.1 Å². The highest BCUT2D eigenvalue weighted by Gasteiger charge is 2.38. The van der Waals surface area contributed by atoms with Crippen molar-refractivity contribution >= 4 is 40.7 Å². The monoisotopic (exact) mass is 394 g/mol. The van der Waals surface area contributed by atoms with Gasteiger partial charge < -0.3 is 5.32 Å². The first-order valence-electron chi connectivity index (χ1n) is 8.30. The largest absolute Gasteiger partial charge is 0.322 e. The number of amides is 3. The lowest BCUT2D eigenvalue weighted by Crippen LogP contribution is -2.31. The zero-order valence-electron chi connectivity index (χ0n) is 14.3. The minimum atomic E-state index is -0.625. The molecule has 0 fully saturated rings. The van der Waals surface area contributed by atoms with E-state index in [1.54, 1.807) is 24.3 Å². The van der Waals surface area contributed by atoms with E-state index in [1.807, 2.05) is 0 Å². The number of rotatable bonds is 3. The first-order chi connectivity index (χ1) is 13.5. The van der Waals surface area contributed by atoms with Crippen LogP contribution in [0.25, 0.3) is 0 Å². The van der Waals surface area contributed by atoms with Crippen LogP contribution < -0.4 is 10.2 Å². The molecule has 0 aromatic heterocycles. The van der Waals surface area contributed by atoms with Crippen molar-refractivity contribution in [3.63, 3.8) is 0 Å². The van der Waals surface area contributed by atoms with Crippen molar-refractivity contribution in [2.24, 2.45) is 0 Å². The molecule has 0 bridgehead atoms. The van der Waals surface area contributed by atoms with E-state index in [1.165, 1.54) is 36.4 Å². The second-order valence-corrected chi connectivity index (χ2v) is 6.55. The molecule has 0 spiro atoms. The number of carbonyl (C=O) groups excluding carboxylic acids is 3. The summed E-state index contributed by atoms with van der Waals surface area (Å²) in [5, 5.41) is 2.81. The molecule has 1 N–H and O–H groups in total. The first-order valence-corrected chi connectivity index (χ1v) is 8.68. The maximum atomic E-state index is 13.4. The van der Waals surface area contributed by atoms with Gasteiger partial charge in [0.1, 0.15) is 5.82 Å². The molecule has 1 aliphatic rings. The molecule has 138 valence electrons. The number of imide groups is 1. The van der Waals surface area contributed by atoms with Crippen LogP contribution in [0.1, 0.15) is 31.1 Å². The minimum absolute atomic E-state index is 0.0197. The summed E-state index contributed by atoms with van der Waals surface area (Å²) in [4.78, 5) is 39.3. The van der Waals surface area contributed by atoms with Crippen LogP contribution in [0.3, 0.4) is 0 Å². The number of hydrogen-bond donors (Lipinski definition) is 1. The lowest BCUT2D eigenvalue weighted by molar-refractivity contribution is 0.0926. The Kier molecular flexibility index (Phi) is 4.41. The molecule has 0 saturated heterocycles. The summed E-state index contributed by atoms with van der Waals surface area (Å²) in [5.41, 5.74) is 0.881. The summed E-state index contributed by atoms with van der Waals surface area (Å²) < 4.78 is 13.4. The second kappa shape index (κ2) is 6.90. The fourth-order valence-electron chi connectivity index (χ4n) is 3.06. The topological polar surface area (TPSA) is 66.5 Å². The zero-order chi connectivity index (χ0) is 19.8. The van der Waals surface area contributed by atoms with Crippen LogP contribution in [0.4, 0.5) is 15.8 Å². The van der Waals surface area contributed by atoms with Gasteiger partial charge in [0.05, 0.1) is 22.4 Å². The average molecular weight is 395 g/mol. The Morgan fingerprint density at radius 3 is 2.21 bits per heavy atom. The van der Waals surface area contributed by atoms with Crippen molar-refractivity contribution in [2.45, 2.75) is 0 Å². The van der Waals surface area contributed by atoms with Crippen LogP contribution >= 0.6 is 11.6 Å². The van der Waals surface area contributed by atoms with Crippen LogP contribution in [-0.2, 0) is 0 Å². The van der Waals surface area contributed by atoms with Gasteiger partial charge in [0.2, 0.25) is 0 Å². The van der Waals surface area contributed by atoms with Crippen molar-refractivity contribution < 1.29 is 18.8 Å². The number of benzene rings is 3. The van der Waals surface area contributed by atoms with Crippen LogP contribution in [0.5, 0.6) is 0 Å². The zero-order valence-corrected chi connectivity index (χ0v) is 15.0. The summed E-state index contributed by atoms with van der Waals surface area (Å²) in [6.45, 7) is 0. The summed E-state index contributed by atoms with van der Waals surface area (Å²) in [5.74, 6) is -2.19. The molecule has 0 saturated carbocycles. The van der Waals surface area contributed by atoms with Gasteiger partial charge in [-0.2, -0.15) is 0 Å². The smallest absolute Gasteiger partial charge is 0.266 e. The summed E-state index contributed by atoms with van der Waals surface area (Å²) in [7, 11) is 0. The fourth-order valence-corrected chi connectivity index (χ4v) is 3.23. The molecule has 7 heteroatoms. The summed E-state index contributed by atoms with van der Waals surface area (Å²) in [6.07, 6.45) is 0. The number of hydrogen-bond acceptors (Lipinski definition) is 3. The third-order valence-electron chi connectivity index (χ3n) is 4.32. The number of anilines is 2. The lowest BCUT2D eigenvalue weighted by Gasteiger charge is -2.18.